The van der Waals surface area contributed by atoms with Crippen LogP contribution in [0.25, 0.3) is 0 Å². The molecule has 0 saturated heterocycles. The molecule has 0 aromatic carbocycles. The number of rotatable bonds is 3. The van der Waals surface area contributed by atoms with Crippen molar-refractivity contribution in [1.82, 2.24) is 5.32 Å². The molecule has 0 aromatic heterocycles. The van der Waals surface area contributed by atoms with Crippen LogP contribution in [0.3, 0.4) is 0 Å². The highest BCUT2D eigenvalue weighted by Gasteiger charge is 2.28. The predicted molar refractivity (Wildman–Crippen MR) is 55.0 cm³/mol. The highest BCUT2D eigenvalue weighted by molar-refractivity contribution is 5.67. The van der Waals surface area contributed by atoms with Gasteiger partial charge in [-0.05, 0) is 19.8 Å². The average molecular weight is 200 g/mol. The number of ether oxygens (including phenoxy) is 1. The third kappa shape index (κ3) is 3.54. The Kier molecular flexibility index (Phi) is 4.20. The summed E-state index contributed by atoms with van der Waals surface area (Å²) in [6, 6.07) is 0. The number of nitrogens with one attached hydrogen (secondary N) is 1. The molecular weight excluding hydrogens is 180 g/mol. The highest BCUT2D eigenvalue weighted by atomic mass is 16.5. The van der Waals surface area contributed by atoms with Gasteiger partial charge in [-0.25, -0.2) is 4.79 Å². The maximum absolute atomic E-state index is 11.0. The first-order valence-corrected chi connectivity index (χ1v) is 5.36. The van der Waals surface area contributed by atoms with Gasteiger partial charge >= 0.3 is 6.09 Å². The van der Waals surface area contributed by atoms with Crippen LogP contribution in [-0.2, 0) is 4.74 Å². The van der Waals surface area contributed by atoms with Crippen LogP contribution in [0.15, 0.2) is 0 Å². The Hall–Kier alpha value is -0.770. The van der Waals surface area contributed by atoms with E-state index in [0.717, 1.165) is 25.7 Å². The number of amides is 1. The summed E-state index contributed by atoms with van der Waals surface area (Å²) in [7, 11) is 0. The lowest BCUT2D eigenvalue weighted by Gasteiger charge is -2.32. The van der Waals surface area contributed by atoms with E-state index in [0.29, 0.717) is 13.2 Å². The number of hydrogen-bond donors (Lipinski definition) is 2. The Morgan fingerprint density at radius 3 is 2.64 bits per heavy atom. The van der Waals surface area contributed by atoms with Crippen LogP contribution < -0.4 is 11.1 Å². The molecule has 0 bridgehead atoms. The molecule has 0 aromatic rings. The lowest BCUT2D eigenvalue weighted by Crippen LogP contribution is -2.47. The quantitative estimate of drug-likeness (QED) is 0.723. The van der Waals surface area contributed by atoms with E-state index in [-0.39, 0.29) is 11.6 Å². The van der Waals surface area contributed by atoms with E-state index in [2.05, 4.69) is 5.32 Å². The van der Waals surface area contributed by atoms with Crippen molar-refractivity contribution in [2.24, 2.45) is 5.73 Å². The van der Waals surface area contributed by atoms with Crippen LogP contribution in [0.2, 0.25) is 0 Å². The fourth-order valence-electron chi connectivity index (χ4n) is 1.80. The van der Waals surface area contributed by atoms with Gasteiger partial charge in [0.15, 0.2) is 0 Å². The van der Waals surface area contributed by atoms with Crippen molar-refractivity contribution >= 4 is 6.09 Å². The normalized spacial score (nSPS) is 20.1. The standard InChI is InChI=1S/C10H20N2O2/c1-2-12-9(13)14-8-10(11)6-4-3-5-7-10/h2-8,11H2,1H3,(H,12,13). The first-order chi connectivity index (χ1) is 6.66. The van der Waals surface area contributed by atoms with Gasteiger partial charge in [-0.3, -0.25) is 0 Å². The molecule has 0 spiro atoms. The van der Waals surface area contributed by atoms with Gasteiger partial charge in [0.1, 0.15) is 6.61 Å². The van der Waals surface area contributed by atoms with Crippen molar-refractivity contribution in [2.75, 3.05) is 13.2 Å². The monoisotopic (exact) mass is 200 g/mol. The van der Waals surface area contributed by atoms with Gasteiger partial charge in [0, 0.05) is 6.54 Å². The van der Waals surface area contributed by atoms with Gasteiger partial charge in [-0.15, -0.1) is 0 Å². The fourth-order valence-corrected chi connectivity index (χ4v) is 1.80. The lowest BCUT2D eigenvalue weighted by atomic mass is 9.83. The first kappa shape index (κ1) is 11.3. The molecule has 0 radical (unpaired) electrons. The maximum atomic E-state index is 11.0. The number of carbonyl (C=O) groups is 1. The Balaban J connectivity index is 2.24. The Morgan fingerprint density at radius 1 is 1.43 bits per heavy atom. The summed E-state index contributed by atoms with van der Waals surface area (Å²) >= 11 is 0. The predicted octanol–water partition coefficient (Wildman–Crippen LogP) is 1.39. The summed E-state index contributed by atoms with van der Waals surface area (Å²) in [4.78, 5) is 11.0. The van der Waals surface area contributed by atoms with Crippen molar-refractivity contribution in [1.29, 1.82) is 0 Å². The molecule has 0 unspecified atom stereocenters. The zero-order chi connectivity index (χ0) is 10.4. The third-order valence-electron chi connectivity index (χ3n) is 2.66. The second-order valence-electron chi connectivity index (χ2n) is 4.03. The zero-order valence-electron chi connectivity index (χ0n) is 8.84. The fraction of sp³-hybridized carbons (Fsp3) is 0.900. The van der Waals surface area contributed by atoms with Crippen LogP contribution >= 0.6 is 0 Å². The van der Waals surface area contributed by atoms with E-state index in [4.69, 9.17) is 10.5 Å². The molecule has 1 rings (SSSR count). The van der Waals surface area contributed by atoms with Crippen LogP contribution in [0.1, 0.15) is 39.0 Å². The maximum Gasteiger partial charge on any atom is 0.407 e. The summed E-state index contributed by atoms with van der Waals surface area (Å²) < 4.78 is 5.05. The van der Waals surface area contributed by atoms with Crippen molar-refractivity contribution in [3.05, 3.63) is 0 Å². The van der Waals surface area contributed by atoms with Gasteiger partial charge in [0.25, 0.3) is 0 Å². The largest absolute Gasteiger partial charge is 0.448 e. The van der Waals surface area contributed by atoms with Crippen molar-refractivity contribution in [3.63, 3.8) is 0 Å². The second-order valence-corrected chi connectivity index (χ2v) is 4.03. The Labute approximate surface area is 85.2 Å². The van der Waals surface area contributed by atoms with Crippen molar-refractivity contribution in [3.8, 4) is 0 Å². The number of nitrogens with two attached hydrogens (primary N) is 1. The molecule has 3 N–H and O–H groups in total. The van der Waals surface area contributed by atoms with Crippen molar-refractivity contribution < 1.29 is 9.53 Å². The molecule has 1 aliphatic carbocycles. The van der Waals surface area contributed by atoms with Gasteiger partial charge in [-0.2, -0.15) is 0 Å². The molecule has 1 aliphatic rings. The minimum absolute atomic E-state index is 0.274. The molecule has 1 amide bonds. The number of alkyl carbamates (subject to hydrolysis) is 1. The Morgan fingerprint density at radius 2 is 2.07 bits per heavy atom. The minimum atomic E-state index is -0.358. The molecule has 82 valence electrons. The molecule has 4 nitrogen and oxygen atoms in total. The highest BCUT2D eigenvalue weighted by Crippen LogP contribution is 2.25. The van der Waals surface area contributed by atoms with Crippen LogP contribution in [0.4, 0.5) is 4.79 Å². The zero-order valence-corrected chi connectivity index (χ0v) is 8.84. The second kappa shape index (κ2) is 5.20. The molecule has 0 atom stereocenters. The van der Waals surface area contributed by atoms with Crippen LogP contribution in [0.5, 0.6) is 0 Å². The average Bonchev–Trinajstić information content (AvgIpc) is 2.17. The van der Waals surface area contributed by atoms with Crippen LogP contribution in [-0.4, -0.2) is 24.8 Å². The molecule has 4 heteroatoms. The smallest absolute Gasteiger partial charge is 0.407 e. The summed E-state index contributed by atoms with van der Waals surface area (Å²) in [6.45, 7) is 2.80. The van der Waals surface area contributed by atoms with E-state index in [9.17, 15) is 4.79 Å². The third-order valence-corrected chi connectivity index (χ3v) is 2.66. The van der Waals surface area contributed by atoms with Gasteiger partial charge in [-0.1, -0.05) is 19.3 Å². The molecule has 1 fully saturated rings. The van der Waals surface area contributed by atoms with E-state index in [1.165, 1.54) is 6.42 Å². The van der Waals surface area contributed by atoms with Gasteiger partial charge < -0.3 is 15.8 Å². The molecule has 0 aliphatic heterocycles. The van der Waals surface area contributed by atoms with E-state index >= 15 is 0 Å². The number of carbonyl (C=O) groups excluding carboxylic acids is 1. The Bertz CT molecular complexity index is 189. The topological polar surface area (TPSA) is 64.3 Å². The van der Waals surface area contributed by atoms with Crippen molar-refractivity contribution in [2.45, 2.75) is 44.6 Å². The van der Waals surface area contributed by atoms with Gasteiger partial charge in [0.2, 0.25) is 0 Å². The summed E-state index contributed by atoms with van der Waals surface area (Å²) in [5, 5.41) is 2.59. The SMILES string of the molecule is CCNC(=O)OCC1(N)CCCCC1. The summed E-state index contributed by atoms with van der Waals surface area (Å²) in [6.07, 6.45) is 5.12. The summed E-state index contributed by atoms with van der Waals surface area (Å²) in [5.41, 5.74) is 5.82. The summed E-state index contributed by atoms with van der Waals surface area (Å²) in [5.74, 6) is 0. The first-order valence-electron chi connectivity index (χ1n) is 5.36. The molecule has 0 heterocycles. The van der Waals surface area contributed by atoms with E-state index < -0.39 is 0 Å². The number of hydrogen-bond acceptors (Lipinski definition) is 3. The molecule has 1 saturated carbocycles. The van der Waals surface area contributed by atoms with Gasteiger partial charge in [0.05, 0.1) is 5.54 Å². The lowest BCUT2D eigenvalue weighted by molar-refractivity contribution is 0.102. The molecule has 14 heavy (non-hydrogen) atoms. The van der Waals surface area contributed by atoms with E-state index in [1.54, 1.807) is 0 Å². The minimum Gasteiger partial charge on any atom is -0.448 e. The molecular formula is C10H20N2O2. The van der Waals surface area contributed by atoms with E-state index in [1.807, 2.05) is 6.92 Å². The van der Waals surface area contributed by atoms with Crippen LogP contribution in [0, 0.1) is 0 Å².